The molecule has 0 N–H and O–H groups in total. The average Bonchev–Trinajstić information content (AvgIpc) is 1.57. The quantitative estimate of drug-likeness (QED) is 0.0970. The maximum absolute atomic E-state index is 7.09. The van der Waals surface area contributed by atoms with Gasteiger partial charge < -0.3 is 28.0 Å². The summed E-state index contributed by atoms with van der Waals surface area (Å²) in [6.45, 7) is 0. The molecule has 0 aliphatic rings. The fourth-order valence-corrected chi connectivity index (χ4v) is 22.8. The van der Waals surface area contributed by atoms with Crippen molar-refractivity contribution >= 4 is 224 Å². The Morgan fingerprint density at radius 3 is 0.839 bits per heavy atom. The molecule has 7 aromatic heterocycles. The maximum Gasteiger partial charge on any atom is 0.161 e. The van der Waals surface area contributed by atoms with Crippen LogP contribution in [-0.4, -0.2) is 29.9 Å². The topological polar surface area (TPSA) is 126 Å². The van der Waals surface area contributed by atoms with E-state index in [1.807, 2.05) is 60.7 Å². The van der Waals surface area contributed by atoms with Crippen molar-refractivity contribution in [3.63, 3.8) is 0 Å². The van der Waals surface area contributed by atoms with Crippen molar-refractivity contribution in [1.29, 1.82) is 0 Å². The Labute approximate surface area is 859 Å². The summed E-state index contributed by atoms with van der Waals surface area (Å²) in [5, 5.41) is 20.4. The summed E-state index contributed by atoms with van der Waals surface area (Å²) >= 11 is 1.75. The second-order valence-electron chi connectivity index (χ2n) is 37.3. The number of furan rings is 3. The van der Waals surface area contributed by atoms with Crippen LogP contribution in [0.25, 0.3) is 230 Å². The van der Waals surface area contributed by atoms with Crippen molar-refractivity contribution in [2.24, 2.45) is 0 Å². The van der Waals surface area contributed by atoms with Gasteiger partial charge in [-0.05, 0) is 177 Å². The molecule has 0 spiro atoms. The number of thiophene rings is 1. The normalized spacial score (nSPS) is 11.6. The van der Waals surface area contributed by atoms with Crippen molar-refractivity contribution in [2.75, 3.05) is 14.7 Å². The lowest BCUT2D eigenvalue weighted by Gasteiger charge is -2.25. The lowest BCUT2D eigenvalue weighted by molar-refractivity contribution is 0.672. The van der Waals surface area contributed by atoms with Crippen LogP contribution in [-0.2, 0) is 0 Å². The third-order valence-corrected chi connectivity index (χ3v) is 29.6. The van der Waals surface area contributed by atoms with Gasteiger partial charge in [-0.15, -0.1) is 11.3 Å². The summed E-state index contributed by atoms with van der Waals surface area (Å²) < 4.78 is 23.4. The number of fused-ring (bicyclic) bond motifs is 22. The van der Waals surface area contributed by atoms with Crippen LogP contribution in [0, 0.1) is 0 Å². The zero-order valence-corrected chi connectivity index (χ0v) is 81.0. The van der Waals surface area contributed by atoms with Gasteiger partial charge in [-0.2, -0.15) is 0 Å². The standard InChI is InChI=1S/C48H29N3OS.C46H29N3O.C42H27N3O/c1-3-17-34(18-4-1)51(35-19-5-2-6-20-35)40-24-13-23-38-42-39(29-32-16-9-10-21-36(32)46(42)52-45(38)40)48-49-43(33-27-26-30-14-7-8-15-31(30)28-33)47-44(50-48)37-22-11-12-25-41(37)53-47;1-3-17-34(18-4-1)49(35-19-5-2-6-20-35)41-25-13-23-38-42-39(29-32-16-9-10-21-36(32)45(42)50-44(38)41)46-47-40-24-12-11-22-37(40)43(48-46)33-27-26-30-14-7-8-15-31(30)28-33;1-4-15-28(16-5-1)39-33-23-12-13-25-36(33)43-42(44-39)35-27-29-17-10-11-22-32(29)41-38(35)34-24-14-26-37(40(34)46-41)45(30-18-6-2-7-19-30)31-20-8-3-9-21-31/h1-29H;1-29H;1-27H. The van der Waals surface area contributed by atoms with Crippen molar-refractivity contribution in [1.82, 2.24) is 29.9 Å². The number of aromatic nitrogens is 6. The highest BCUT2D eigenvalue weighted by molar-refractivity contribution is 7.26. The lowest BCUT2D eigenvalue weighted by atomic mass is 9.98. The third kappa shape index (κ3) is 15.4. The molecule has 149 heavy (non-hydrogen) atoms. The van der Waals surface area contributed by atoms with Crippen molar-refractivity contribution < 1.29 is 13.3 Å². The van der Waals surface area contributed by atoms with E-state index in [-0.39, 0.29) is 0 Å². The molecule has 0 bridgehead atoms. The van der Waals surface area contributed by atoms with E-state index in [9.17, 15) is 0 Å². The first-order chi connectivity index (χ1) is 73.9. The average molecular weight is 1930 g/mol. The Kier molecular flexibility index (Phi) is 21.5. The Morgan fingerprint density at radius 1 is 0.181 bits per heavy atom. The fraction of sp³-hybridized carbons (Fsp3) is 0. The molecule has 0 fully saturated rings. The molecular weight excluding hydrogens is 1840 g/mol. The smallest absolute Gasteiger partial charge is 0.161 e. The van der Waals surface area contributed by atoms with Crippen LogP contribution in [0.1, 0.15) is 0 Å². The van der Waals surface area contributed by atoms with Crippen LogP contribution < -0.4 is 14.7 Å². The lowest BCUT2D eigenvalue weighted by Crippen LogP contribution is -2.09. The van der Waals surface area contributed by atoms with Gasteiger partial charge in [-0.1, -0.05) is 376 Å². The van der Waals surface area contributed by atoms with Crippen LogP contribution in [0.3, 0.4) is 0 Å². The number of benzene rings is 23. The number of anilines is 9. The van der Waals surface area contributed by atoms with Crippen LogP contribution in [0.15, 0.2) is 529 Å². The van der Waals surface area contributed by atoms with E-state index in [1.165, 1.54) is 26.2 Å². The van der Waals surface area contributed by atoms with Gasteiger partial charge in [-0.25, -0.2) is 29.9 Å². The van der Waals surface area contributed by atoms with E-state index in [4.69, 9.17) is 43.2 Å². The van der Waals surface area contributed by atoms with Crippen LogP contribution in [0.2, 0.25) is 0 Å². The molecule has 0 aliphatic heterocycles. The van der Waals surface area contributed by atoms with E-state index in [0.717, 1.165) is 237 Å². The first-order valence-electron chi connectivity index (χ1n) is 50.0. The van der Waals surface area contributed by atoms with E-state index in [0.29, 0.717) is 17.5 Å². The molecule has 13 heteroatoms. The summed E-state index contributed by atoms with van der Waals surface area (Å²) in [4.78, 5) is 38.7. The predicted molar refractivity (Wildman–Crippen MR) is 620 cm³/mol. The van der Waals surface area contributed by atoms with E-state index < -0.39 is 0 Å². The fourth-order valence-electron chi connectivity index (χ4n) is 21.7. The molecule has 0 unspecified atom stereocenters. The van der Waals surface area contributed by atoms with Crippen molar-refractivity contribution in [2.45, 2.75) is 0 Å². The summed E-state index contributed by atoms with van der Waals surface area (Å²) in [6, 6.07) is 179. The van der Waals surface area contributed by atoms with Gasteiger partial charge in [0.05, 0.1) is 55.4 Å². The zero-order chi connectivity index (χ0) is 98.4. The molecule has 0 saturated heterocycles. The van der Waals surface area contributed by atoms with E-state index >= 15 is 0 Å². The Morgan fingerprint density at radius 2 is 0.463 bits per heavy atom. The highest BCUT2D eigenvalue weighted by Crippen LogP contribution is 2.53. The van der Waals surface area contributed by atoms with Crippen molar-refractivity contribution in [3.8, 4) is 67.9 Å². The van der Waals surface area contributed by atoms with E-state index in [1.54, 1.807) is 11.3 Å². The van der Waals surface area contributed by atoms with Gasteiger partial charge in [0.2, 0.25) is 0 Å². The Hall–Kier alpha value is -19.9. The number of nitrogens with zero attached hydrogens (tertiary/aromatic N) is 9. The Bertz CT molecular complexity index is 10400. The number of hydrogen-bond donors (Lipinski definition) is 0. The van der Waals surface area contributed by atoms with Gasteiger partial charge in [0.15, 0.2) is 34.2 Å². The molecule has 0 atom stereocenters. The predicted octanol–water partition coefficient (Wildman–Crippen LogP) is 38.0. The minimum Gasteiger partial charge on any atom is -0.453 e. The van der Waals surface area contributed by atoms with Gasteiger partial charge in [0.1, 0.15) is 16.7 Å². The number of rotatable bonds is 15. The molecule has 30 aromatic rings. The maximum atomic E-state index is 7.09. The minimum absolute atomic E-state index is 0.665. The molecule has 23 aromatic carbocycles. The number of hydrogen-bond acceptors (Lipinski definition) is 13. The van der Waals surface area contributed by atoms with Gasteiger partial charge >= 0.3 is 0 Å². The molecule has 698 valence electrons. The summed E-state index contributed by atoms with van der Waals surface area (Å²) in [5.74, 6) is 2.01. The van der Waals surface area contributed by atoms with Crippen LogP contribution in [0.4, 0.5) is 51.2 Å². The first kappa shape index (κ1) is 87.0. The molecule has 12 nitrogen and oxygen atoms in total. The molecule has 7 heterocycles. The largest absolute Gasteiger partial charge is 0.453 e. The molecule has 30 rings (SSSR count). The molecule has 0 amide bonds. The van der Waals surface area contributed by atoms with Gasteiger partial charge in [-0.3, -0.25) is 0 Å². The highest BCUT2D eigenvalue weighted by Gasteiger charge is 2.31. The summed E-state index contributed by atoms with van der Waals surface area (Å²) in [6.07, 6.45) is 0. The third-order valence-electron chi connectivity index (χ3n) is 28.5. The summed E-state index contributed by atoms with van der Waals surface area (Å²) in [5.41, 5.74) is 25.6. The number of para-hydroxylation sites is 11. The molecule has 0 radical (unpaired) electrons. The highest BCUT2D eigenvalue weighted by atomic mass is 32.1. The molecular formula is C136H85N9O3S. The van der Waals surface area contributed by atoms with Gasteiger partial charge in [0, 0.05) is 137 Å². The molecule has 0 aliphatic carbocycles. The van der Waals surface area contributed by atoms with E-state index in [2.05, 4.69) is 470 Å². The van der Waals surface area contributed by atoms with Gasteiger partial charge in [0.25, 0.3) is 0 Å². The van der Waals surface area contributed by atoms with Crippen LogP contribution in [0.5, 0.6) is 0 Å². The monoisotopic (exact) mass is 1920 g/mol. The second-order valence-corrected chi connectivity index (χ2v) is 38.4. The van der Waals surface area contributed by atoms with Crippen LogP contribution >= 0.6 is 11.3 Å². The first-order valence-corrected chi connectivity index (χ1v) is 50.8. The SMILES string of the molecule is c1ccc(-c2nc(-c3cc4ccccc4c4oc5c(N(c6ccccc6)c6ccccc6)cccc5c34)nc3ccccc23)cc1.c1ccc(N(c2ccccc2)c2cccc3c2oc2c4ccccc4cc(-c4nc(-c5ccc6ccccc6c5)c5ccccc5n4)c32)cc1.c1ccc(N(c2ccccc2)c2cccc3c2oc2c4ccccc4cc(-c4nc(-c5ccc6ccccc6c5)c5sc6ccccc6c5n4)c32)cc1. The summed E-state index contributed by atoms with van der Waals surface area (Å²) in [7, 11) is 0. The Balaban J connectivity index is 0.000000108. The minimum atomic E-state index is 0.665. The molecule has 0 saturated carbocycles. The zero-order valence-electron chi connectivity index (χ0n) is 80.2. The second kappa shape index (κ2) is 36.8. The van der Waals surface area contributed by atoms with Crippen molar-refractivity contribution in [3.05, 3.63) is 516 Å².